The summed E-state index contributed by atoms with van der Waals surface area (Å²) in [5, 5.41) is 3.99. The third-order valence-electron chi connectivity index (χ3n) is 3.66. The second-order valence-electron chi connectivity index (χ2n) is 5.13. The number of rotatable bonds is 5. The first-order chi connectivity index (χ1) is 9.69. The highest BCUT2D eigenvalue weighted by Gasteiger charge is 2.15. The van der Waals surface area contributed by atoms with Gasteiger partial charge >= 0.3 is 0 Å². The van der Waals surface area contributed by atoms with Crippen molar-refractivity contribution in [3.8, 4) is 0 Å². The molecule has 0 spiro atoms. The van der Waals surface area contributed by atoms with E-state index < -0.39 is 0 Å². The minimum absolute atomic E-state index is 0. The van der Waals surface area contributed by atoms with Gasteiger partial charge < -0.3 is 15.8 Å². The van der Waals surface area contributed by atoms with Crippen LogP contribution in [0.3, 0.4) is 0 Å². The van der Waals surface area contributed by atoms with Crippen molar-refractivity contribution >= 4 is 41.5 Å². The smallest absolute Gasteiger partial charge is 0.188 e. The predicted molar refractivity (Wildman–Crippen MR) is 98.5 cm³/mol. The van der Waals surface area contributed by atoms with Gasteiger partial charge in [-0.15, -0.1) is 24.0 Å². The summed E-state index contributed by atoms with van der Waals surface area (Å²) in [4.78, 5) is 4.38. The van der Waals surface area contributed by atoms with E-state index in [9.17, 15) is 0 Å². The molecule has 1 unspecified atom stereocenters. The molecule has 3 N–H and O–H groups in total. The fourth-order valence-electron chi connectivity index (χ4n) is 2.50. The summed E-state index contributed by atoms with van der Waals surface area (Å²) < 4.78 is 5.46. The highest BCUT2D eigenvalue weighted by atomic mass is 127. The molecular weight excluding hydrogens is 401 g/mol. The molecule has 1 atom stereocenters. The maximum atomic E-state index is 5.92. The summed E-state index contributed by atoms with van der Waals surface area (Å²) in [6.45, 7) is 0.504. The van der Waals surface area contributed by atoms with Crippen molar-refractivity contribution in [1.82, 2.24) is 5.32 Å². The summed E-state index contributed by atoms with van der Waals surface area (Å²) in [6, 6.07) is 8.09. The van der Waals surface area contributed by atoms with Crippen LogP contribution in [0.5, 0.6) is 0 Å². The van der Waals surface area contributed by atoms with Crippen LogP contribution in [-0.4, -0.2) is 25.7 Å². The second kappa shape index (κ2) is 9.48. The molecule has 1 aromatic rings. The second-order valence-corrected chi connectivity index (χ2v) is 5.56. The molecule has 0 bridgehead atoms. The molecule has 21 heavy (non-hydrogen) atoms. The van der Waals surface area contributed by atoms with Gasteiger partial charge in [0.25, 0.3) is 0 Å². The van der Waals surface area contributed by atoms with E-state index in [1.807, 2.05) is 24.3 Å². The van der Waals surface area contributed by atoms with E-state index in [4.69, 9.17) is 22.1 Å². The monoisotopic (exact) mass is 423 g/mol. The number of nitrogens with zero attached hydrogens (tertiary/aromatic N) is 1. The molecule has 0 heterocycles. The fourth-order valence-corrected chi connectivity index (χ4v) is 2.63. The highest BCUT2D eigenvalue weighted by molar-refractivity contribution is 14.0. The minimum atomic E-state index is -0.101. The van der Waals surface area contributed by atoms with Crippen LogP contribution in [-0.2, 0) is 4.74 Å². The van der Waals surface area contributed by atoms with Gasteiger partial charge in [0.1, 0.15) is 6.10 Å². The number of hydrogen-bond donors (Lipinski definition) is 2. The van der Waals surface area contributed by atoms with Crippen molar-refractivity contribution in [2.24, 2.45) is 10.7 Å². The molecule has 0 radical (unpaired) electrons. The first kappa shape index (κ1) is 18.5. The SMILES string of the molecule is COC(CN=C(N)NC1CCCC1)c1ccc(Cl)cc1.I. The molecule has 2 rings (SSSR count). The van der Waals surface area contributed by atoms with Crippen LogP contribution in [0.4, 0.5) is 0 Å². The molecule has 0 aromatic heterocycles. The Balaban J connectivity index is 0.00000220. The lowest BCUT2D eigenvalue weighted by atomic mass is 10.1. The Hall–Kier alpha value is -0.530. The van der Waals surface area contributed by atoms with Gasteiger partial charge in [0.2, 0.25) is 0 Å². The number of halogens is 2. The molecule has 1 fully saturated rings. The number of methoxy groups -OCH3 is 1. The first-order valence-corrected chi connectivity index (χ1v) is 7.41. The Labute approximate surface area is 148 Å². The van der Waals surface area contributed by atoms with Crippen molar-refractivity contribution in [1.29, 1.82) is 0 Å². The first-order valence-electron chi connectivity index (χ1n) is 7.03. The summed E-state index contributed by atoms with van der Waals surface area (Å²) in [7, 11) is 1.68. The number of hydrogen-bond acceptors (Lipinski definition) is 2. The Morgan fingerprint density at radius 2 is 2.00 bits per heavy atom. The number of benzene rings is 1. The van der Waals surface area contributed by atoms with E-state index in [2.05, 4.69) is 10.3 Å². The summed E-state index contributed by atoms with van der Waals surface area (Å²) in [5.41, 5.74) is 6.97. The van der Waals surface area contributed by atoms with Gasteiger partial charge in [-0.3, -0.25) is 4.99 Å². The van der Waals surface area contributed by atoms with Gasteiger partial charge in [0.15, 0.2) is 5.96 Å². The number of aliphatic imine (C=N–C) groups is 1. The average Bonchev–Trinajstić information content (AvgIpc) is 2.94. The van der Waals surface area contributed by atoms with Crippen LogP contribution < -0.4 is 11.1 Å². The summed E-state index contributed by atoms with van der Waals surface area (Å²) in [6.07, 6.45) is 4.81. The van der Waals surface area contributed by atoms with Gasteiger partial charge in [-0.25, -0.2) is 0 Å². The van der Waals surface area contributed by atoms with Crippen molar-refractivity contribution < 1.29 is 4.74 Å². The maximum absolute atomic E-state index is 5.92. The zero-order chi connectivity index (χ0) is 14.4. The normalized spacial score (nSPS) is 17.3. The van der Waals surface area contributed by atoms with Gasteiger partial charge in [-0.1, -0.05) is 36.6 Å². The van der Waals surface area contributed by atoms with Crippen molar-refractivity contribution in [3.05, 3.63) is 34.9 Å². The third kappa shape index (κ3) is 6.00. The molecule has 1 saturated carbocycles. The van der Waals surface area contributed by atoms with Crippen molar-refractivity contribution in [2.45, 2.75) is 37.8 Å². The predicted octanol–water partition coefficient (Wildman–Crippen LogP) is 3.49. The topological polar surface area (TPSA) is 59.6 Å². The maximum Gasteiger partial charge on any atom is 0.188 e. The minimum Gasteiger partial charge on any atom is -0.375 e. The zero-order valence-corrected chi connectivity index (χ0v) is 15.3. The Bertz CT molecular complexity index is 447. The van der Waals surface area contributed by atoms with Crippen LogP contribution in [0, 0.1) is 0 Å². The van der Waals surface area contributed by atoms with E-state index >= 15 is 0 Å². The lowest BCUT2D eigenvalue weighted by Crippen LogP contribution is -2.38. The van der Waals surface area contributed by atoms with Gasteiger partial charge in [0.05, 0.1) is 6.54 Å². The zero-order valence-electron chi connectivity index (χ0n) is 12.2. The van der Waals surface area contributed by atoms with E-state index in [1.165, 1.54) is 25.7 Å². The number of nitrogens with two attached hydrogens (primary N) is 1. The molecule has 1 aliphatic carbocycles. The Kier molecular flexibility index (Phi) is 8.36. The van der Waals surface area contributed by atoms with Gasteiger partial charge in [-0.2, -0.15) is 0 Å². The molecule has 4 nitrogen and oxygen atoms in total. The van der Waals surface area contributed by atoms with Gasteiger partial charge in [-0.05, 0) is 30.5 Å². The standard InChI is InChI=1S/C15H22ClN3O.HI/c1-20-14(11-6-8-12(16)9-7-11)10-18-15(17)19-13-4-2-3-5-13;/h6-9,13-14H,2-5,10H2,1H3,(H3,17,18,19);1H. The van der Waals surface area contributed by atoms with Crippen LogP contribution >= 0.6 is 35.6 Å². The molecular formula is C15H23ClIN3O. The van der Waals surface area contributed by atoms with E-state index in [0.717, 1.165) is 10.6 Å². The van der Waals surface area contributed by atoms with Crippen LogP contribution in [0.1, 0.15) is 37.4 Å². The van der Waals surface area contributed by atoms with E-state index in [0.29, 0.717) is 18.5 Å². The van der Waals surface area contributed by atoms with Crippen molar-refractivity contribution in [2.75, 3.05) is 13.7 Å². The molecule has 0 amide bonds. The molecule has 0 saturated heterocycles. The highest BCUT2D eigenvalue weighted by Crippen LogP contribution is 2.20. The lowest BCUT2D eigenvalue weighted by molar-refractivity contribution is 0.111. The Morgan fingerprint density at radius 1 is 1.38 bits per heavy atom. The number of guanidine groups is 1. The largest absolute Gasteiger partial charge is 0.375 e. The lowest BCUT2D eigenvalue weighted by Gasteiger charge is -2.16. The quantitative estimate of drug-likeness (QED) is 0.433. The summed E-state index contributed by atoms with van der Waals surface area (Å²) >= 11 is 5.88. The number of ether oxygens (including phenoxy) is 1. The molecule has 6 heteroatoms. The molecule has 118 valence electrons. The average molecular weight is 424 g/mol. The van der Waals surface area contributed by atoms with Crippen molar-refractivity contribution in [3.63, 3.8) is 0 Å². The van der Waals surface area contributed by atoms with Gasteiger partial charge in [0, 0.05) is 18.2 Å². The Morgan fingerprint density at radius 3 is 2.57 bits per heavy atom. The molecule has 1 aromatic carbocycles. The van der Waals surface area contributed by atoms with Crippen LogP contribution in [0.25, 0.3) is 0 Å². The summed E-state index contributed by atoms with van der Waals surface area (Å²) in [5.74, 6) is 0.507. The molecule has 1 aliphatic rings. The third-order valence-corrected chi connectivity index (χ3v) is 3.91. The molecule has 0 aliphatic heterocycles. The van der Waals surface area contributed by atoms with Crippen LogP contribution in [0.15, 0.2) is 29.3 Å². The van der Waals surface area contributed by atoms with Crippen LogP contribution in [0.2, 0.25) is 5.02 Å². The van der Waals surface area contributed by atoms with E-state index in [1.54, 1.807) is 7.11 Å². The number of nitrogens with one attached hydrogen (secondary N) is 1. The fraction of sp³-hybridized carbons (Fsp3) is 0.533. The van der Waals surface area contributed by atoms with E-state index in [-0.39, 0.29) is 30.1 Å².